The third-order valence-corrected chi connectivity index (χ3v) is 6.90. The standard InChI is InChI=1S/C25H31N3O2/c29-24(27-17-19-8-9-19)15-20-16-25(30-23-7-2-1-6-22(20)23)10-13-28(14-11-25)18-21-5-3-4-12-26-21/h1-7,12,19-20H,8-11,13-18H2,(H,27,29)/t20-/m0/s1. The number of benzene rings is 1. The number of hydrogen-bond donors (Lipinski definition) is 1. The van der Waals surface area contributed by atoms with E-state index in [9.17, 15) is 4.79 Å². The van der Waals surface area contributed by atoms with E-state index in [0.717, 1.165) is 56.9 Å². The number of piperidine rings is 1. The van der Waals surface area contributed by atoms with Crippen molar-refractivity contribution >= 4 is 5.91 Å². The minimum Gasteiger partial charge on any atom is -0.487 e. The summed E-state index contributed by atoms with van der Waals surface area (Å²) in [6.45, 7) is 3.73. The Labute approximate surface area is 178 Å². The molecular weight excluding hydrogens is 374 g/mol. The van der Waals surface area contributed by atoms with Gasteiger partial charge in [-0.15, -0.1) is 0 Å². The number of nitrogens with one attached hydrogen (secondary N) is 1. The second-order valence-electron chi connectivity index (χ2n) is 9.27. The third-order valence-electron chi connectivity index (χ3n) is 6.90. The van der Waals surface area contributed by atoms with Crippen LogP contribution in [0.25, 0.3) is 0 Å². The molecule has 1 spiro atoms. The topological polar surface area (TPSA) is 54.5 Å². The lowest BCUT2D eigenvalue weighted by Crippen LogP contribution is -2.50. The number of fused-ring (bicyclic) bond motifs is 1. The molecule has 2 aliphatic heterocycles. The summed E-state index contributed by atoms with van der Waals surface area (Å²) in [6, 6.07) is 14.4. The first kappa shape index (κ1) is 19.6. The largest absolute Gasteiger partial charge is 0.487 e. The molecule has 2 aromatic rings. The van der Waals surface area contributed by atoms with Crippen molar-refractivity contribution in [1.29, 1.82) is 0 Å². The smallest absolute Gasteiger partial charge is 0.220 e. The second kappa shape index (κ2) is 8.38. The zero-order valence-electron chi connectivity index (χ0n) is 17.6. The van der Waals surface area contributed by atoms with Crippen molar-refractivity contribution in [2.75, 3.05) is 19.6 Å². The summed E-state index contributed by atoms with van der Waals surface area (Å²) >= 11 is 0. The highest BCUT2D eigenvalue weighted by molar-refractivity contribution is 5.77. The number of para-hydroxylation sites is 1. The van der Waals surface area contributed by atoms with Gasteiger partial charge in [-0.3, -0.25) is 14.7 Å². The minimum absolute atomic E-state index is 0.156. The minimum atomic E-state index is -0.156. The van der Waals surface area contributed by atoms with Crippen molar-refractivity contribution in [3.8, 4) is 5.75 Å². The number of carbonyl (C=O) groups excluding carboxylic acids is 1. The number of amides is 1. The van der Waals surface area contributed by atoms with E-state index in [-0.39, 0.29) is 17.4 Å². The molecule has 5 rings (SSSR count). The molecule has 1 saturated carbocycles. The molecule has 5 nitrogen and oxygen atoms in total. The normalized spacial score (nSPS) is 22.9. The van der Waals surface area contributed by atoms with Crippen LogP contribution < -0.4 is 10.1 Å². The average Bonchev–Trinajstić information content (AvgIpc) is 3.60. The van der Waals surface area contributed by atoms with Crippen molar-refractivity contribution in [1.82, 2.24) is 15.2 Å². The van der Waals surface area contributed by atoms with Crippen molar-refractivity contribution in [2.24, 2.45) is 5.92 Å². The van der Waals surface area contributed by atoms with Crippen LogP contribution in [-0.4, -0.2) is 41.0 Å². The van der Waals surface area contributed by atoms with Gasteiger partial charge >= 0.3 is 0 Å². The van der Waals surface area contributed by atoms with E-state index < -0.39 is 0 Å². The predicted octanol–water partition coefficient (Wildman–Crippen LogP) is 3.90. The maximum Gasteiger partial charge on any atom is 0.220 e. The second-order valence-corrected chi connectivity index (χ2v) is 9.27. The SMILES string of the molecule is O=C(C[C@H]1CC2(CCN(Cc3ccccn3)CC2)Oc2ccccc21)NCC1CC1. The van der Waals surface area contributed by atoms with E-state index >= 15 is 0 Å². The van der Waals surface area contributed by atoms with Gasteiger partial charge in [-0.25, -0.2) is 0 Å². The zero-order valence-corrected chi connectivity index (χ0v) is 17.6. The van der Waals surface area contributed by atoms with Crippen LogP contribution in [0.2, 0.25) is 0 Å². The molecule has 1 aromatic carbocycles. The average molecular weight is 406 g/mol. The molecule has 1 saturated heterocycles. The van der Waals surface area contributed by atoms with Crippen molar-refractivity contribution < 1.29 is 9.53 Å². The molecule has 1 aromatic heterocycles. The van der Waals surface area contributed by atoms with Gasteiger partial charge in [0.15, 0.2) is 0 Å². The molecule has 2 fully saturated rings. The summed E-state index contributed by atoms with van der Waals surface area (Å²) < 4.78 is 6.60. The number of pyridine rings is 1. The van der Waals surface area contributed by atoms with Crippen LogP contribution in [0.15, 0.2) is 48.7 Å². The van der Waals surface area contributed by atoms with E-state index in [4.69, 9.17) is 4.74 Å². The summed E-state index contributed by atoms with van der Waals surface area (Å²) in [4.78, 5) is 19.5. The maximum atomic E-state index is 12.6. The van der Waals surface area contributed by atoms with Gasteiger partial charge < -0.3 is 10.1 Å². The van der Waals surface area contributed by atoms with Crippen LogP contribution in [0.1, 0.15) is 55.7 Å². The third kappa shape index (κ3) is 4.51. The Hall–Kier alpha value is -2.40. The first-order chi connectivity index (χ1) is 14.7. The Balaban J connectivity index is 1.25. The summed E-state index contributed by atoms with van der Waals surface area (Å²) in [5.41, 5.74) is 2.16. The monoisotopic (exact) mass is 405 g/mol. The molecule has 158 valence electrons. The Morgan fingerprint density at radius 3 is 2.70 bits per heavy atom. The van der Waals surface area contributed by atoms with Crippen LogP contribution in [0.3, 0.4) is 0 Å². The fourth-order valence-corrected chi connectivity index (χ4v) is 4.95. The first-order valence-corrected chi connectivity index (χ1v) is 11.4. The summed E-state index contributed by atoms with van der Waals surface area (Å²) in [7, 11) is 0. The molecule has 30 heavy (non-hydrogen) atoms. The van der Waals surface area contributed by atoms with Gasteiger partial charge in [-0.2, -0.15) is 0 Å². The molecule has 1 amide bonds. The quantitative estimate of drug-likeness (QED) is 0.792. The molecule has 3 heterocycles. The zero-order chi connectivity index (χ0) is 20.4. The van der Waals surface area contributed by atoms with Crippen molar-refractivity contribution in [3.05, 3.63) is 59.9 Å². The van der Waals surface area contributed by atoms with Crippen LogP contribution in [0, 0.1) is 5.92 Å². The van der Waals surface area contributed by atoms with Gasteiger partial charge in [0.05, 0.1) is 5.69 Å². The highest BCUT2D eigenvalue weighted by atomic mass is 16.5. The lowest BCUT2D eigenvalue weighted by atomic mass is 9.76. The molecule has 5 heteroatoms. The predicted molar refractivity (Wildman–Crippen MR) is 116 cm³/mol. The van der Waals surface area contributed by atoms with E-state index in [1.54, 1.807) is 0 Å². The number of aromatic nitrogens is 1. The van der Waals surface area contributed by atoms with Gasteiger partial charge in [0.2, 0.25) is 5.91 Å². The van der Waals surface area contributed by atoms with Gasteiger partial charge in [0.25, 0.3) is 0 Å². The lowest BCUT2D eigenvalue weighted by molar-refractivity contribution is -0.122. The Kier molecular flexibility index (Phi) is 5.47. The lowest BCUT2D eigenvalue weighted by Gasteiger charge is -2.47. The van der Waals surface area contributed by atoms with Gasteiger partial charge in [-0.05, 0) is 61.8 Å². The number of ether oxygens (including phenoxy) is 1. The molecule has 3 aliphatic rings. The molecule has 0 radical (unpaired) electrons. The van der Waals surface area contributed by atoms with E-state index in [0.29, 0.717) is 12.3 Å². The molecule has 1 N–H and O–H groups in total. The van der Waals surface area contributed by atoms with Gasteiger partial charge in [0.1, 0.15) is 11.4 Å². The number of likely N-dealkylation sites (tertiary alicyclic amines) is 1. The summed E-state index contributed by atoms with van der Waals surface area (Å²) in [6.07, 6.45) is 7.87. The van der Waals surface area contributed by atoms with E-state index in [2.05, 4.69) is 39.5 Å². The van der Waals surface area contributed by atoms with Crippen molar-refractivity contribution in [3.63, 3.8) is 0 Å². The molecule has 1 aliphatic carbocycles. The molecule has 0 bridgehead atoms. The van der Waals surface area contributed by atoms with Crippen LogP contribution in [0.5, 0.6) is 5.75 Å². The van der Waals surface area contributed by atoms with Gasteiger partial charge in [-0.1, -0.05) is 24.3 Å². The Morgan fingerprint density at radius 1 is 1.13 bits per heavy atom. The Morgan fingerprint density at radius 2 is 1.93 bits per heavy atom. The number of hydrogen-bond acceptors (Lipinski definition) is 4. The first-order valence-electron chi connectivity index (χ1n) is 11.4. The summed E-state index contributed by atoms with van der Waals surface area (Å²) in [5.74, 6) is 2.11. The van der Waals surface area contributed by atoms with E-state index in [1.807, 2.05) is 24.4 Å². The Bertz CT molecular complexity index is 873. The maximum absolute atomic E-state index is 12.6. The molecule has 1 atom stereocenters. The fraction of sp³-hybridized carbons (Fsp3) is 0.520. The highest BCUT2D eigenvalue weighted by Crippen LogP contribution is 2.46. The highest BCUT2D eigenvalue weighted by Gasteiger charge is 2.43. The summed E-state index contributed by atoms with van der Waals surface area (Å²) in [5, 5.41) is 3.15. The van der Waals surface area contributed by atoms with Crippen LogP contribution >= 0.6 is 0 Å². The van der Waals surface area contributed by atoms with Crippen LogP contribution in [-0.2, 0) is 11.3 Å². The van der Waals surface area contributed by atoms with E-state index in [1.165, 1.54) is 18.4 Å². The molecule has 0 unspecified atom stereocenters. The number of carbonyl (C=O) groups is 1. The van der Waals surface area contributed by atoms with Crippen molar-refractivity contribution in [2.45, 2.75) is 56.6 Å². The fourth-order valence-electron chi connectivity index (χ4n) is 4.95. The molecular formula is C25H31N3O2. The van der Waals surface area contributed by atoms with Gasteiger partial charge in [0, 0.05) is 44.7 Å². The number of nitrogens with zero attached hydrogens (tertiary/aromatic N) is 2. The number of rotatable bonds is 6. The van der Waals surface area contributed by atoms with Crippen LogP contribution in [0.4, 0.5) is 0 Å².